The van der Waals surface area contributed by atoms with Crippen molar-refractivity contribution in [3.05, 3.63) is 24.4 Å². The lowest BCUT2D eigenvalue weighted by molar-refractivity contribution is -0.137. The highest BCUT2D eigenvalue weighted by molar-refractivity contribution is 5.81. The number of amides is 1. The predicted octanol–water partition coefficient (Wildman–Crippen LogP) is 1.88. The molecule has 0 bridgehead atoms. The molecule has 2 fully saturated rings. The van der Waals surface area contributed by atoms with E-state index in [2.05, 4.69) is 4.98 Å². The maximum Gasteiger partial charge on any atom is 0.263 e. The molecule has 1 atom stereocenters. The van der Waals surface area contributed by atoms with Gasteiger partial charge in [0.1, 0.15) is 0 Å². The highest BCUT2D eigenvalue weighted by Gasteiger charge is 2.41. The van der Waals surface area contributed by atoms with Crippen LogP contribution in [0.25, 0.3) is 0 Å². The molecule has 5 heteroatoms. The molecular weight excluding hydrogens is 268 g/mol. The topological polar surface area (TPSA) is 51.7 Å². The fourth-order valence-electron chi connectivity index (χ4n) is 3.24. The van der Waals surface area contributed by atoms with Gasteiger partial charge in [0.15, 0.2) is 6.10 Å². The van der Waals surface area contributed by atoms with E-state index in [9.17, 15) is 4.79 Å². The van der Waals surface area contributed by atoms with Gasteiger partial charge in [0.05, 0.1) is 0 Å². The summed E-state index contributed by atoms with van der Waals surface area (Å²) >= 11 is 0. The standard InChI is InChI=1S/C16H22N2O3/c1-13(21-14-4-2-3-8-17-14)15(19)18-9-5-16(12-18)6-10-20-11-7-16/h2-4,8,13H,5-7,9-12H2,1H3. The zero-order valence-corrected chi connectivity index (χ0v) is 12.5. The number of aromatic nitrogens is 1. The van der Waals surface area contributed by atoms with E-state index in [-0.39, 0.29) is 11.3 Å². The van der Waals surface area contributed by atoms with E-state index in [1.54, 1.807) is 19.2 Å². The Morgan fingerprint density at radius 3 is 2.90 bits per heavy atom. The maximum absolute atomic E-state index is 12.5. The van der Waals surface area contributed by atoms with Gasteiger partial charge in [-0.15, -0.1) is 0 Å². The van der Waals surface area contributed by atoms with Gasteiger partial charge >= 0.3 is 0 Å². The van der Waals surface area contributed by atoms with E-state index in [4.69, 9.17) is 9.47 Å². The van der Waals surface area contributed by atoms with Crippen LogP contribution in [0.3, 0.4) is 0 Å². The van der Waals surface area contributed by atoms with Crippen LogP contribution in [-0.2, 0) is 9.53 Å². The number of hydrogen-bond donors (Lipinski definition) is 0. The quantitative estimate of drug-likeness (QED) is 0.853. The second kappa shape index (κ2) is 6.02. The first-order valence-electron chi connectivity index (χ1n) is 7.63. The molecule has 1 spiro atoms. The van der Waals surface area contributed by atoms with Crippen molar-refractivity contribution in [3.63, 3.8) is 0 Å². The molecule has 1 unspecified atom stereocenters. The molecule has 2 aliphatic rings. The van der Waals surface area contributed by atoms with Gasteiger partial charge in [-0.25, -0.2) is 4.98 Å². The summed E-state index contributed by atoms with van der Waals surface area (Å²) in [5.41, 5.74) is 0.276. The van der Waals surface area contributed by atoms with Gasteiger partial charge in [-0.3, -0.25) is 4.79 Å². The van der Waals surface area contributed by atoms with E-state index in [0.717, 1.165) is 45.6 Å². The summed E-state index contributed by atoms with van der Waals surface area (Å²) in [6.45, 7) is 5.11. The Balaban J connectivity index is 1.58. The van der Waals surface area contributed by atoms with E-state index in [1.165, 1.54) is 0 Å². The Labute approximate surface area is 125 Å². The Hall–Kier alpha value is -1.62. The van der Waals surface area contributed by atoms with E-state index < -0.39 is 6.10 Å². The number of pyridine rings is 1. The van der Waals surface area contributed by atoms with Gasteiger partial charge < -0.3 is 14.4 Å². The van der Waals surface area contributed by atoms with Crippen molar-refractivity contribution in [2.75, 3.05) is 26.3 Å². The minimum Gasteiger partial charge on any atom is -0.465 e. The summed E-state index contributed by atoms with van der Waals surface area (Å²) < 4.78 is 11.1. The summed E-state index contributed by atoms with van der Waals surface area (Å²) in [4.78, 5) is 18.6. The molecule has 114 valence electrons. The first kappa shape index (κ1) is 14.3. The van der Waals surface area contributed by atoms with Crippen molar-refractivity contribution >= 4 is 5.91 Å². The summed E-state index contributed by atoms with van der Waals surface area (Å²) in [5.74, 6) is 0.558. The van der Waals surface area contributed by atoms with Gasteiger partial charge in [0, 0.05) is 38.6 Å². The van der Waals surface area contributed by atoms with Crippen molar-refractivity contribution < 1.29 is 14.3 Å². The summed E-state index contributed by atoms with van der Waals surface area (Å²) in [6.07, 6.45) is 4.38. The second-order valence-electron chi connectivity index (χ2n) is 6.05. The van der Waals surface area contributed by atoms with Crippen LogP contribution >= 0.6 is 0 Å². The van der Waals surface area contributed by atoms with Crippen molar-refractivity contribution in [2.45, 2.75) is 32.3 Å². The van der Waals surface area contributed by atoms with Crippen LogP contribution < -0.4 is 4.74 Å². The Kier molecular flexibility index (Phi) is 4.10. The van der Waals surface area contributed by atoms with Crippen LogP contribution in [-0.4, -0.2) is 48.2 Å². The zero-order valence-electron chi connectivity index (χ0n) is 12.5. The SMILES string of the molecule is CC(Oc1ccccn1)C(=O)N1CCC2(CCOCC2)C1. The van der Waals surface area contributed by atoms with Crippen LogP contribution in [0.2, 0.25) is 0 Å². The number of carbonyl (C=O) groups is 1. The third-order valence-corrected chi connectivity index (χ3v) is 4.59. The molecular formula is C16H22N2O3. The largest absolute Gasteiger partial charge is 0.465 e. The van der Waals surface area contributed by atoms with Crippen molar-refractivity contribution in [1.29, 1.82) is 0 Å². The molecule has 0 saturated carbocycles. The zero-order chi connectivity index (χ0) is 14.7. The van der Waals surface area contributed by atoms with Crippen molar-refractivity contribution in [1.82, 2.24) is 9.88 Å². The fourth-order valence-corrected chi connectivity index (χ4v) is 3.24. The Bertz CT molecular complexity index is 486. The van der Waals surface area contributed by atoms with Crippen LogP contribution in [0.4, 0.5) is 0 Å². The highest BCUT2D eigenvalue weighted by atomic mass is 16.5. The number of nitrogens with zero attached hydrogens (tertiary/aromatic N) is 2. The molecule has 3 rings (SSSR count). The molecule has 5 nitrogen and oxygen atoms in total. The molecule has 1 aromatic rings. The molecule has 2 saturated heterocycles. The maximum atomic E-state index is 12.5. The molecule has 0 aliphatic carbocycles. The lowest BCUT2D eigenvalue weighted by Crippen LogP contribution is -2.41. The minimum atomic E-state index is -0.491. The van der Waals surface area contributed by atoms with Gasteiger partial charge in [-0.05, 0) is 37.7 Å². The number of ether oxygens (including phenoxy) is 2. The highest BCUT2D eigenvalue weighted by Crippen LogP contribution is 2.39. The molecule has 2 aliphatic heterocycles. The Morgan fingerprint density at radius 1 is 1.38 bits per heavy atom. The first-order chi connectivity index (χ1) is 10.2. The van der Waals surface area contributed by atoms with Crippen LogP contribution in [0.15, 0.2) is 24.4 Å². The van der Waals surface area contributed by atoms with Crippen molar-refractivity contribution in [3.8, 4) is 5.88 Å². The van der Waals surface area contributed by atoms with Crippen LogP contribution in [0.5, 0.6) is 5.88 Å². The summed E-state index contributed by atoms with van der Waals surface area (Å²) in [6, 6.07) is 5.45. The number of rotatable bonds is 3. The lowest BCUT2D eigenvalue weighted by atomic mass is 9.80. The van der Waals surface area contributed by atoms with Crippen LogP contribution in [0, 0.1) is 5.41 Å². The third-order valence-electron chi connectivity index (χ3n) is 4.59. The lowest BCUT2D eigenvalue weighted by Gasteiger charge is -2.33. The van der Waals surface area contributed by atoms with Gasteiger partial charge in [0.25, 0.3) is 5.91 Å². The van der Waals surface area contributed by atoms with Crippen molar-refractivity contribution in [2.24, 2.45) is 5.41 Å². The third kappa shape index (κ3) is 3.18. The molecule has 0 N–H and O–H groups in total. The molecule has 0 aromatic carbocycles. The van der Waals surface area contributed by atoms with Gasteiger partial charge in [-0.2, -0.15) is 0 Å². The van der Waals surface area contributed by atoms with E-state index in [1.807, 2.05) is 17.0 Å². The van der Waals surface area contributed by atoms with E-state index in [0.29, 0.717) is 5.88 Å². The molecule has 21 heavy (non-hydrogen) atoms. The second-order valence-corrected chi connectivity index (χ2v) is 6.05. The van der Waals surface area contributed by atoms with Crippen LogP contribution in [0.1, 0.15) is 26.2 Å². The number of likely N-dealkylation sites (tertiary alicyclic amines) is 1. The summed E-state index contributed by atoms with van der Waals surface area (Å²) in [7, 11) is 0. The number of hydrogen-bond acceptors (Lipinski definition) is 4. The van der Waals surface area contributed by atoms with Gasteiger partial charge in [0.2, 0.25) is 5.88 Å². The average molecular weight is 290 g/mol. The number of carbonyl (C=O) groups excluding carboxylic acids is 1. The monoisotopic (exact) mass is 290 g/mol. The molecule has 1 aromatic heterocycles. The van der Waals surface area contributed by atoms with Gasteiger partial charge in [-0.1, -0.05) is 6.07 Å². The van der Waals surface area contributed by atoms with E-state index >= 15 is 0 Å². The smallest absolute Gasteiger partial charge is 0.263 e. The molecule has 3 heterocycles. The Morgan fingerprint density at radius 2 is 2.19 bits per heavy atom. The molecule has 0 radical (unpaired) electrons. The average Bonchev–Trinajstić information content (AvgIpc) is 2.92. The molecule has 1 amide bonds. The minimum absolute atomic E-state index is 0.0593. The predicted molar refractivity (Wildman–Crippen MR) is 78.0 cm³/mol. The summed E-state index contributed by atoms with van der Waals surface area (Å²) in [5, 5.41) is 0. The first-order valence-corrected chi connectivity index (χ1v) is 7.63. The fraction of sp³-hybridized carbons (Fsp3) is 0.625. The normalized spacial score (nSPS) is 22.2.